The highest BCUT2D eigenvalue weighted by Crippen LogP contribution is 2.37. The lowest BCUT2D eigenvalue weighted by molar-refractivity contribution is -0.113. The van der Waals surface area contributed by atoms with Gasteiger partial charge >= 0.3 is 0 Å². The number of nitrogens with zero attached hydrogens (tertiary/aromatic N) is 4. The van der Waals surface area contributed by atoms with Crippen molar-refractivity contribution in [2.75, 3.05) is 11.1 Å². The standard InChI is InChI=1S/C25H26N6O2S2/c1-3-12-31-21(14-27-23(33)17-10-8-16(2)9-11-17)29-30-25(31)34-15-22(32)28-24-19(13-26)18-6-4-5-7-20(18)35-24/h3,8-11H,1,4-7,12,14-15H2,2H3,(H,27,33)(H,28,32). The molecule has 1 aromatic carbocycles. The van der Waals surface area contributed by atoms with Gasteiger partial charge in [-0.2, -0.15) is 5.26 Å². The van der Waals surface area contributed by atoms with Gasteiger partial charge in [-0.05, 0) is 50.3 Å². The molecule has 0 spiro atoms. The molecule has 3 aromatic rings. The Morgan fingerprint density at radius 1 is 1.26 bits per heavy atom. The molecule has 0 saturated heterocycles. The second-order valence-corrected chi connectivity index (χ2v) is 10.3. The summed E-state index contributed by atoms with van der Waals surface area (Å²) in [7, 11) is 0. The molecule has 1 aliphatic carbocycles. The number of fused-ring (bicyclic) bond motifs is 1. The van der Waals surface area contributed by atoms with Gasteiger partial charge in [0.05, 0.1) is 17.9 Å². The summed E-state index contributed by atoms with van der Waals surface area (Å²) < 4.78 is 1.82. The lowest BCUT2D eigenvalue weighted by Gasteiger charge is -2.09. The molecule has 0 radical (unpaired) electrons. The van der Waals surface area contributed by atoms with Gasteiger partial charge in [-0.3, -0.25) is 9.59 Å². The second kappa shape index (κ2) is 11.3. The van der Waals surface area contributed by atoms with Gasteiger partial charge in [0.2, 0.25) is 5.91 Å². The number of hydrogen-bond donors (Lipinski definition) is 2. The molecule has 2 heterocycles. The number of anilines is 1. The Morgan fingerprint density at radius 3 is 2.77 bits per heavy atom. The molecule has 2 amide bonds. The molecule has 0 saturated carbocycles. The van der Waals surface area contributed by atoms with E-state index in [4.69, 9.17) is 0 Å². The molecule has 0 atom stereocenters. The van der Waals surface area contributed by atoms with Gasteiger partial charge in [0.25, 0.3) is 5.91 Å². The molecule has 0 bridgehead atoms. The summed E-state index contributed by atoms with van der Waals surface area (Å²) >= 11 is 2.76. The van der Waals surface area contributed by atoms with Crippen LogP contribution in [0.4, 0.5) is 5.00 Å². The van der Waals surface area contributed by atoms with Crippen LogP contribution in [0.25, 0.3) is 0 Å². The van der Waals surface area contributed by atoms with E-state index in [-0.39, 0.29) is 24.1 Å². The Bertz CT molecular complexity index is 1290. The zero-order valence-electron chi connectivity index (χ0n) is 19.5. The average Bonchev–Trinajstić information content (AvgIpc) is 3.41. The first-order chi connectivity index (χ1) is 17.0. The fourth-order valence-electron chi connectivity index (χ4n) is 3.90. The number of rotatable bonds is 9. The number of aromatic nitrogens is 3. The molecule has 2 N–H and O–H groups in total. The number of nitrogens with one attached hydrogen (secondary N) is 2. The van der Waals surface area contributed by atoms with Crippen molar-refractivity contribution in [2.45, 2.75) is 50.9 Å². The summed E-state index contributed by atoms with van der Waals surface area (Å²) in [6.45, 7) is 6.40. The fraction of sp³-hybridized carbons (Fsp3) is 0.320. The van der Waals surface area contributed by atoms with Crippen LogP contribution in [0.2, 0.25) is 0 Å². The van der Waals surface area contributed by atoms with Gasteiger partial charge in [0, 0.05) is 17.0 Å². The maximum atomic E-state index is 12.7. The number of carbonyl (C=O) groups excluding carboxylic acids is 2. The van der Waals surface area contributed by atoms with Crippen molar-refractivity contribution >= 4 is 39.9 Å². The van der Waals surface area contributed by atoms with Crippen molar-refractivity contribution in [3.05, 3.63) is 69.9 Å². The predicted molar refractivity (Wildman–Crippen MR) is 138 cm³/mol. The van der Waals surface area contributed by atoms with E-state index in [0.717, 1.165) is 36.8 Å². The van der Waals surface area contributed by atoms with Crippen molar-refractivity contribution < 1.29 is 9.59 Å². The summed E-state index contributed by atoms with van der Waals surface area (Å²) in [4.78, 5) is 26.3. The number of benzene rings is 1. The van der Waals surface area contributed by atoms with Crippen molar-refractivity contribution in [2.24, 2.45) is 0 Å². The van der Waals surface area contributed by atoms with Crippen molar-refractivity contribution in [1.82, 2.24) is 20.1 Å². The van der Waals surface area contributed by atoms with Crippen LogP contribution in [-0.2, 0) is 30.7 Å². The first-order valence-corrected chi connectivity index (χ1v) is 13.2. The van der Waals surface area contributed by atoms with Crippen LogP contribution in [0.5, 0.6) is 0 Å². The Kier molecular flexibility index (Phi) is 8.00. The number of nitriles is 1. The smallest absolute Gasteiger partial charge is 0.251 e. The van der Waals surface area contributed by atoms with E-state index >= 15 is 0 Å². The quantitative estimate of drug-likeness (QED) is 0.331. The lowest BCUT2D eigenvalue weighted by atomic mass is 9.96. The minimum atomic E-state index is -0.201. The average molecular weight is 507 g/mol. The van der Waals surface area contributed by atoms with Gasteiger partial charge in [-0.1, -0.05) is 35.5 Å². The second-order valence-electron chi connectivity index (χ2n) is 8.21. The topological polar surface area (TPSA) is 113 Å². The number of allylic oxidation sites excluding steroid dienone is 1. The molecule has 0 aliphatic heterocycles. The van der Waals surface area contributed by atoms with E-state index < -0.39 is 0 Å². The normalized spacial score (nSPS) is 12.5. The highest BCUT2D eigenvalue weighted by atomic mass is 32.2. The summed E-state index contributed by atoms with van der Waals surface area (Å²) in [5, 5.41) is 25.0. The van der Waals surface area contributed by atoms with Crippen molar-refractivity contribution in [3.8, 4) is 6.07 Å². The van der Waals surface area contributed by atoms with Crippen LogP contribution in [0.15, 0.2) is 42.1 Å². The lowest BCUT2D eigenvalue weighted by Crippen LogP contribution is -2.24. The third-order valence-corrected chi connectivity index (χ3v) is 7.87. The maximum absolute atomic E-state index is 12.7. The summed E-state index contributed by atoms with van der Waals surface area (Å²) in [5.41, 5.74) is 3.35. The van der Waals surface area contributed by atoms with Crippen LogP contribution in [0.1, 0.15) is 50.6 Å². The largest absolute Gasteiger partial charge is 0.345 e. The minimum absolute atomic E-state index is 0.123. The summed E-state index contributed by atoms with van der Waals surface area (Å²) in [6.07, 6.45) is 5.78. The third kappa shape index (κ3) is 5.81. The SMILES string of the molecule is C=CCn1c(CNC(=O)c2ccc(C)cc2)nnc1SCC(=O)Nc1sc2c(c1C#N)CCCC2. The first-order valence-electron chi connectivity index (χ1n) is 11.3. The van der Waals surface area contributed by atoms with E-state index in [1.807, 2.05) is 23.6 Å². The predicted octanol–water partition coefficient (Wildman–Crippen LogP) is 4.25. The molecule has 35 heavy (non-hydrogen) atoms. The van der Waals surface area contributed by atoms with Crippen LogP contribution in [0.3, 0.4) is 0 Å². The summed E-state index contributed by atoms with van der Waals surface area (Å²) in [5.74, 6) is 0.301. The van der Waals surface area contributed by atoms with E-state index in [1.54, 1.807) is 18.2 Å². The zero-order valence-corrected chi connectivity index (χ0v) is 21.1. The van der Waals surface area contributed by atoms with E-state index in [0.29, 0.717) is 33.7 Å². The molecule has 0 fully saturated rings. The number of thiophene rings is 1. The molecule has 180 valence electrons. The van der Waals surface area contributed by atoms with Crippen LogP contribution in [-0.4, -0.2) is 32.3 Å². The number of amides is 2. The Morgan fingerprint density at radius 2 is 2.03 bits per heavy atom. The fourth-order valence-corrected chi connectivity index (χ4v) is 5.92. The van der Waals surface area contributed by atoms with Crippen molar-refractivity contribution in [1.29, 1.82) is 5.26 Å². The molecule has 2 aromatic heterocycles. The third-order valence-electron chi connectivity index (χ3n) is 5.69. The number of carbonyl (C=O) groups is 2. The number of aryl methyl sites for hydroxylation is 2. The maximum Gasteiger partial charge on any atom is 0.251 e. The number of thioether (sulfide) groups is 1. The van der Waals surface area contributed by atoms with Gasteiger partial charge < -0.3 is 15.2 Å². The van der Waals surface area contributed by atoms with E-state index in [1.165, 1.54) is 28.0 Å². The van der Waals surface area contributed by atoms with Crippen molar-refractivity contribution in [3.63, 3.8) is 0 Å². The van der Waals surface area contributed by atoms with Gasteiger partial charge in [0.1, 0.15) is 11.1 Å². The van der Waals surface area contributed by atoms with Gasteiger partial charge in [-0.25, -0.2) is 0 Å². The van der Waals surface area contributed by atoms with Gasteiger partial charge in [-0.15, -0.1) is 28.1 Å². The monoisotopic (exact) mass is 506 g/mol. The first kappa shape index (κ1) is 24.7. The van der Waals surface area contributed by atoms with E-state index in [2.05, 4.69) is 33.5 Å². The molecule has 10 heteroatoms. The molecular weight excluding hydrogens is 480 g/mol. The zero-order chi connectivity index (χ0) is 24.8. The molecule has 4 rings (SSSR count). The Hall–Kier alpha value is -3.42. The van der Waals surface area contributed by atoms with E-state index in [9.17, 15) is 14.9 Å². The highest BCUT2D eigenvalue weighted by molar-refractivity contribution is 7.99. The molecule has 1 aliphatic rings. The Balaban J connectivity index is 1.38. The molecule has 0 unspecified atom stereocenters. The summed E-state index contributed by atoms with van der Waals surface area (Å²) in [6, 6.07) is 9.60. The molecular formula is C25H26N6O2S2. The van der Waals surface area contributed by atoms with Gasteiger partial charge in [0.15, 0.2) is 11.0 Å². The highest BCUT2D eigenvalue weighted by Gasteiger charge is 2.22. The Labute approximate surface area is 212 Å². The number of hydrogen-bond acceptors (Lipinski definition) is 7. The minimum Gasteiger partial charge on any atom is -0.345 e. The van der Waals surface area contributed by atoms with Crippen LogP contribution < -0.4 is 10.6 Å². The van der Waals surface area contributed by atoms with Crippen LogP contribution in [0, 0.1) is 18.3 Å². The van der Waals surface area contributed by atoms with Crippen LogP contribution >= 0.6 is 23.1 Å². The molecule has 8 nitrogen and oxygen atoms in total.